The lowest BCUT2D eigenvalue weighted by Crippen LogP contribution is -3.14. The number of hydrogen-bond acceptors (Lipinski definition) is 2. The summed E-state index contributed by atoms with van der Waals surface area (Å²) in [7, 11) is 0. The molecule has 1 fully saturated rings. The van der Waals surface area contributed by atoms with Gasteiger partial charge in [-0.3, -0.25) is 0 Å². The number of hydrogen-bond donors (Lipinski definition) is 1. The molecule has 0 aliphatic carbocycles. The molecule has 1 heterocycles. The molecule has 0 radical (unpaired) electrons. The second-order valence-corrected chi connectivity index (χ2v) is 4.25. The summed E-state index contributed by atoms with van der Waals surface area (Å²) in [5.74, 6) is 0. The maximum Gasteiger partial charge on any atom is 0.0991 e. The first-order valence-corrected chi connectivity index (χ1v) is 5.92. The lowest BCUT2D eigenvalue weighted by atomic mass is 10.2. The van der Waals surface area contributed by atoms with Crippen LogP contribution in [0.15, 0.2) is 24.3 Å². The molecule has 0 bridgehead atoms. The molecule has 1 aliphatic heterocycles. The minimum Gasteiger partial charge on any atom is -0.360 e. The van der Waals surface area contributed by atoms with Gasteiger partial charge in [0.2, 0.25) is 0 Å². The summed E-state index contributed by atoms with van der Waals surface area (Å²) in [6.45, 7) is 8.14. The second-order valence-electron chi connectivity index (χ2n) is 4.25. The minimum absolute atomic E-state index is 0.738. The maximum atomic E-state index is 8.74. The van der Waals surface area contributed by atoms with E-state index in [0.717, 1.165) is 18.7 Å². The molecule has 1 aromatic rings. The lowest BCUT2D eigenvalue weighted by Gasteiger charge is -2.33. The molecular formula is C13H18N3+. The van der Waals surface area contributed by atoms with Gasteiger partial charge in [-0.2, -0.15) is 5.26 Å². The van der Waals surface area contributed by atoms with Crippen molar-refractivity contribution >= 4 is 5.69 Å². The van der Waals surface area contributed by atoms with E-state index in [0.29, 0.717) is 0 Å². The van der Waals surface area contributed by atoms with Gasteiger partial charge in [0.1, 0.15) is 0 Å². The Bertz CT molecular complexity index is 369. The normalized spacial score (nSPS) is 17.1. The van der Waals surface area contributed by atoms with Crippen LogP contribution in [-0.2, 0) is 0 Å². The van der Waals surface area contributed by atoms with Crippen molar-refractivity contribution in [1.82, 2.24) is 0 Å². The van der Waals surface area contributed by atoms with E-state index in [1.807, 2.05) is 12.1 Å². The van der Waals surface area contributed by atoms with Gasteiger partial charge in [-0.1, -0.05) is 0 Å². The van der Waals surface area contributed by atoms with Gasteiger partial charge in [0.05, 0.1) is 44.4 Å². The fourth-order valence-electron chi connectivity index (χ4n) is 2.18. The Labute approximate surface area is 96.9 Å². The van der Waals surface area contributed by atoms with Crippen LogP contribution in [0.25, 0.3) is 0 Å². The molecule has 1 aliphatic rings. The molecule has 0 unspecified atom stereocenters. The van der Waals surface area contributed by atoms with E-state index in [9.17, 15) is 0 Å². The Hall–Kier alpha value is -1.53. The molecule has 84 valence electrons. The van der Waals surface area contributed by atoms with Gasteiger partial charge in [0, 0.05) is 5.69 Å². The summed E-state index contributed by atoms with van der Waals surface area (Å²) < 4.78 is 0. The SMILES string of the molecule is CC[NH+]1CCN(c2ccc(C#N)cc2)CC1. The van der Waals surface area contributed by atoms with Crippen LogP contribution in [0, 0.1) is 11.3 Å². The van der Waals surface area contributed by atoms with E-state index >= 15 is 0 Å². The molecule has 16 heavy (non-hydrogen) atoms. The molecular weight excluding hydrogens is 198 g/mol. The zero-order valence-electron chi connectivity index (χ0n) is 9.74. The van der Waals surface area contributed by atoms with E-state index in [4.69, 9.17) is 5.26 Å². The average molecular weight is 216 g/mol. The quantitative estimate of drug-likeness (QED) is 0.770. The molecule has 0 amide bonds. The molecule has 3 heteroatoms. The van der Waals surface area contributed by atoms with Crippen LogP contribution in [0.1, 0.15) is 12.5 Å². The van der Waals surface area contributed by atoms with Gasteiger partial charge in [0.15, 0.2) is 0 Å². The van der Waals surface area contributed by atoms with Gasteiger partial charge in [-0.25, -0.2) is 0 Å². The van der Waals surface area contributed by atoms with Crippen LogP contribution in [0.4, 0.5) is 5.69 Å². The molecule has 0 spiro atoms. The predicted octanol–water partition coefficient (Wildman–Crippen LogP) is 0.283. The first-order valence-electron chi connectivity index (χ1n) is 5.92. The molecule has 1 N–H and O–H groups in total. The van der Waals surface area contributed by atoms with Gasteiger partial charge in [-0.15, -0.1) is 0 Å². The van der Waals surface area contributed by atoms with Crippen LogP contribution in [0.2, 0.25) is 0 Å². The van der Waals surface area contributed by atoms with Crippen molar-refractivity contribution in [2.75, 3.05) is 37.6 Å². The van der Waals surface area contributed by atoms with E-state index in [-0.39, 0.29) is 0 Å². The fourth-order valence-corrected chi connectivity index (χ4v) is 2.18. The highest BCUT2D eigenvalue weighted by molar-refractivity contribution is 5.49. The van der Waals surface area contributed by atoms with Crippen molar-refractivity contribution in [3.63, 3.8) is 0 Å². The zero-order chi connectivity index (χ0) is 11.4. The van der Waals surface area contributed by atoms with Crippen LogP contribution in [0.5, 0.6) is 0 Å². The summed E-state index contributed by atoms with van der Waals surface area (Å²) in [5.41, 5.74) is 1.98. The summed E-state index contributed by atoms with van der Waals surface area (Å²) in [4.78, 5) is 4.09. The zero-order valence-corrected chi connectivity index (χ0v) is 9.74. The summed E-state index contributed by atoms with van der Waals surface area (Å²) in [6, 6.07) is 10.0. The highest BCUT2D eigenvalue weighted by Gasteiger charge is 2.18. The Morgan fingerprint density at radius 3 is 2.38 bits per heavy atom. The van der Waals surface area contributed by atoms with Crippen LogP contribution in [-0.4, -0.2) is 32.7 Å². The number of nitrogens with zero attached hydrogens (tertiary/aromatic N) is 2. The smallest absolute Gasteiger partial charge is 0.0991 e. The molecule has 0 aromatic heterocycles. The molecule has 0 atom stereocenters. The van der Waals surface area contributed by atoms with Gasteiger partial charge >= 0.3 is 0 Å². The van der Waals surface area contributed by atoms with Crippen molar-refractivity contribution in [2.45, 2.75) is 6.92 Å². The number of likely N-dealkylation sites (N-methyl/N-ethyl adjacent to an activating group) is 1. The third kappa shape index (κ3) is 2.34. The topological polar surface area (TPSA) is 31.5 Å². The van der Waals surface area contributed by atoms with E-state index in [2.05, 4.69) is 30.0 Å². The van der Waals surface area contributed by atoms with E-state index in [1.165, 1.54) is 25.3 Å². The van der Waals surface area contributed by atoms with Crippen LogP contribution < -0.4 is 9.80 Å². The van der Waals surface area contributed by atoms with E-state index in [1.54, 1.807) is 4.90 Å². The van der Waals surface area contributed by atoms with Crippen molar-refractivity contribution in [3.05, 3.63) is 29.8 Å². The lowest BCUT2D eigenvalue weighted by molar-refractivity contribution is -0.898. The van der Waals surface area contributed by atoms with Crippen molar-refractivity contribution in [3.8, 4) is 6.07 Å². The minimum atomic E-state index is 0.738. The monoisotopic (exact) mass is 216 g/mol. The van der Waals surface area contributed by atoms with Gasteiger partial charge < -0.3 is 9.80 Å². The second kappa shape index (κ2) is 5.00. The molecule has 1 saturated heterocycles. The standard InChI is InChI=1S/C13H17N3/c1-2-15-7-9-16(10-8-15)13-5-3-12(11-14)4-6-13/h3-6H,2,7-10H2,1H3/p+1. The molecule has 3 nitrogen and oxygen atoms in total. The maximum absolute atomic E-state index is 8.74. The highest BCUT2D eigenvalue weighted by Crippen LogP contribution is 2.14. The number of benzene rings is 1. The average Bonchev–Trinajstić information content (AvgIpc) is 2.39. The number of piperazine rings is 1. The summed E-state index contributed by atoms with van der Waals surface area (Å²) >= 11 is 0. The summed E-state index contributed by atoms with van der Waals surface area (Å²) in [5, 5.41) is 8.74. The summed E-state index contributed by atoms with van der Waals surface area (Å²) in [6.07, 6.45) is 0. The number of quaternary nitrogens is 1. The molecule has 1 aromatic carbocycles. The Balaban J connectivity index is 2.00. The first kappa shape index (κ1) is 11.0. The number of nitriles is 1. The number of anilines is 1. The Morgan fingerprint density at radius 1 is 1.25 bits per heavy atom. The van der Waals surface area contributed by atoms with Crippen LogP contribution >= 0.6 is 0 Å². The van der Waals surface area contributed by atoms with Gasteiger partial charge in [0.25, 0.3) is 0 Å². The van der Waals surface area contributed by atoms with Crippen molar-refractivity contribution in [1.29, 1.82) is 5.26 Å². The number of nitrogens with one attached hydrogen (secondary N) is 1. The highest BCUT2D eigenvalue weighted by atomic mass is 15.3. The predicted molar refractivity (Wildman–Crippen MR) is 64.6 cm³/mol. The third-order valence-corrected chi connectivity index (χ3v) is 3.33. The third-order valence-electron chi connectivity index (χ3n) is 3.33. The molecule has 2 rings (SSSR count). The van der Waals surface area contributed by atoms with Crippen molar-refractivity contribution in [2.24, 2.45) is 0 Å². The van der Waals surface area contributed by atoms with Crippen LogP contribution in [0.3, 0.4) is 0 Å². The Morgan fingerprint density at radius 2 is 1.88 bits per heavy atom. The largest absolute Gasteiger partial charge is 0.360 e. The number of rotatable bonds is 2. The first-order chi connectivity index (χ1) is 7.83. The van der Waals surface area contributed by atoms with Crippen molar-refractivity contribution < 1.29 is 4.90 Å². The van der Waals surface area contributed by atoms with E-state index < -0.39 is 0 Å². The Kier molecular flexibility index (Phi) is 3.43. The van der Waals surface area contributed by atoms with Gasteiger partial charge in [-0.05, 0) is 31.2 Å². The molecule has 0 saturated carbocycles. The fraction of sp³-hybridized carbons (Fsp3) is 0.462.